The molecule has 34 heavy (non-hydrogen) atoms. The van der Waals surface area contributed by atoms with Gasteiger partial charge >= 0.3 is 6.09 Å². The number of hydrogen-bond acceptors (Lipinski definition) is 5. The number of likely N-dealkylation sites (tertiary alicyclic amines) is 1. The number of para-hydroxylation sites is 1. The van der Waals surface area contributed by atoms with Crippen LogP contribution in [0.25, 0.3) is 0 Å². The molecule has 182 valence electrons. The molecule has 4 rings (SSSR count). The molecule has 0 aliphatic carbocycles. The fraction of sp³-hybridized carbons (Fsp3) is 0.481. The number of carbonyl (C=O) groups excluding carboxylic acids is 2. The fourth-order valence-electron chi connectivity index (χ4n) is 4.77. The number of piperidine rings is 1. The van der Waals surface area contributed by atoms with Crippen molar-refractivity contribution in [2.45, 2.75) is 57.3 Å². The minimum Gasteiger partial charge on any atom is -0.444 e. The van der Waals surface area contributed by atoms with Gasteiger partial charge in [-0.3, -0.25) is 4.79 Å². The molecule has 2 aromatic rings. The Morgan fingerprint density at radius 2 is 1.74 bits per heavy atom. The Labute approximate surface area is 201 Å². The van der Waals surface area contributed by atoms with Crippen LogP contribution in [0, 0.1) is 0 Å². The molecule has 1 fully saturated rings. The van der Waals surface area contributed by atoms with Crippen LogP contribution < -0.4 is 10.6 Å². The molecule has 0 bridgehead atoms. The van der Waals surface area contributed by atoms with Crippen LogP contribution in [0.15, 0.2) is 54.6 Å². The molecular weight excluding hydrogens is 430 g/mol. The van der Waals surface area contributed by atoms with E-state index in [0.717, 1.165) is 24.9 Å². The van der Waals surface area contributed by atoms with E-state index in [1.807, 2.05) is 41.3 Å². The zero-order valence-corrected chi connectivity index (χ0v) is 20.3. The van der Waals surface area contributed by atoms with Gasteiger partial charge < -0.3 is 25.0 Å². The standard InChI is InChI=1S/C27H35N3O4/c1-26(2,3)34-25(32)29-23(18-33-17-20-9-5-4-6-10-20)24(31)30-15-13-27(14-16-30)19-28-22-12-8-7-11-21(22)27/h4-12,23,28H,13-19H2,1-3H3,(H,29,32)/t23-/m1/s1. The molecule has 2 heterocycles. The van der Waals surface area contributed by atoms with Gasteiger partial charge in [-0.2, -0.15) is 0 Å². The maximum atomic E-state index is 13.5. The highest BCUT2D eigenvalue weighted by Gasteiger charge is 2.43. The molecule has 2 aliphatic rings. The summed E-state index contributed by atoms with van der Waals surface area (Å²) >= 11 is 0. The van der Waals surface area contributed by atoms with Gasteiger partial charge in [0.15, 0.2) is 0 Å². The van der Waals surface area contributed by atoms with Crippen LogP contribution in [0.2, 0.25) is 0 Å². The summed E-state index contributed by atoms with van der Waals surface area (Å²) in [7, 11) is 0. The third kappa shape index (κ3) is 5.70. The topological polar surface area (TPSA) is 79.9 Å². The van der Waals surface area contributed by atoms with Crippen molar-refractivity contribution in [1.82, 2.24) is 10.2 Å². The third-order valence-electron chi connectivity index (χ3n) is 6.53. The van der Waals surface area contributed by atoms with E-state index in [1.54, 1.807) is 20.8 Å². The van der Waals surface area contributed by atoms with Gasteiger partial charge in [0.05, 0.1) is 13.2 Å². The first-order valence-electron chi connectivity index (χ1n) is 12.0. The summed E-state index contributed by atoms with van der Waals surface area (Å²) in [6.45, 7) is 8.02. The number of fused-ring (bicyclic) bond motifs is 2. The Bertz CT molecular complexity index is 994. The molecule has 2 amide bonds. The van der Waals surface area contributed by atoms with E-state index in [-0.39, 0.29) is 17.9 Å². The number of alkyl carbamates (subject to hydrolysis) is 1. The number of nitrogens with zero attached hydrogens (tertiary/aromatic N) is 1. The molecule has 1 saturated heterocycles. The minimum atomic E-state index is -0.804. The quantitative estimate of drug-likeness (QED) is 0.672. The highest BCUT2D eigenvalue weighted by atomic mass is 16.6. The van der Waals surface area contributed by atoms with Crippen LogP contribution in [0.5, 0.6) is 0 Å². The van der Waals surface area contributed by atoms with Gasteiger partial charge in [-0.05, 0) is 50.8 Å². The van der Waals surface area contributed by atoms with Crippen LogP contribution in [0.3, 0.4) is 0 Å². The van der Waals surface area contributed by atoms with Crippen LogP contribution in [-0.2, 0) is 26.3 Å². The Morgan fingerprint density at radius 1 is 1.06 bits per heavy atom. The highest BCUT2D eigenvalue weighted by molar-refractivity contribution is 5.86. The van der Waals surface area contributed by atoms with Gasteiger partial charge in [0.1, 0.15) is 11.6 Å². The summed E-state index contributed by atoms with van der Waals surface area (Å²) in [5, 5.41) is 6.27. The number of hydrogen-bond donors (Lipinski definition) is 2. The van der Waals surface area contributed by atoms with E-state index in [1.165, 1.54) is 11.3 Å². The first-order chi connectivity index (χ1) is 16.3. The minimum absolute atomic E-state index is 0.0608. The van der Waals surface area contributed by atoms with Crippen molar-refractivity contribution < 1.29 is 19.1 Å². The van der Waals surface area contributed by atoms with E-state index >= 15 is 0 Å². The molecular formula is C27H35N3O4. The monoisotopic (exact) mass is 465 g/mol. The first-order valence-corrected chi connectivity index (χ1v) is 12.0. The van der Waals surface area contributed by atoms with E-state index in [2.05, 4.69) is 28.8 Å². The summed E-state index contributed by atoms with van der Waals surface area (Å²) in [6.07, 6.45) is 1.15. The second-order valence-corrected chi connectivity index (χ2v) is 10.2. The molecule has 7 heteroatoms. The number of carbonyl (C=O) groups is 2. The molecule has 0 unspecified atom stereocenters. The van der Waals surface area contributed by atoms with Crippen molar-refractivity contribution in [3.05, 3.63) is 65.7 Å². The normalized spacial score (nSPS) is 17.6. The Hall–Kier alpha value is -3.06. The van der Waals surface area contributed by atoms with Crippen LogP contribution in [-0.4, -0.2) is 54.8 Å². The predicted octanol–water partition coefficient (Wildman–Crippen LogP) is 4.08. The van der Waals surface area contributed by atoms with Gasteiger partial charge in [0.2, 0.25) is 5.91 Å². The number of amides is 2. The molecule has 0 radical (unpaired) electrons. The van der Waals surface area contributed by atoms with E-state index in [0.29, 0.717) is 19.7 Å². The molecule has 2 N–H and O–H groups in total. The number of rotatable bonds is 6. The maximum Gasteiger partial charge on any atom is 0.408 e. The fourth-order valence-corrected chi connectivity index (χ4v) is 4.77. The maximum absolute atomic E-state index is 13.5. The zero-order chi connectivity index (χ0) is 24.2. The van der Waals surface area contributed by atoms with Crippen LogP contribution in [0.4, 0.5) is 10.5 Å². The van der Waals surface area contributed by atoms with Gasteiger partial charge in [0, 0.05) is 30.7 Å². The average Bonchev–Trinajstić information content (AvgIpc) is 3.16. The lowest BCUT2D eigenvalue weighted by molar-refractivity contribution is -0.136. The summed E-state index contributed by atoms with van der Waals surface area (Å²) in [4.78, 5) is 27.8. The molecule has 0 aromatic heterocycles. The highest BCUT2D eigenvalue weighted by Crippen LogP contribution is 2.43. The third-order valence-corrected chi connectivity index (χ3v) is 6.53. The van der Waals surface area contributed by atoms with Gasteiger partial charge in [-0.1, -0.05) is 48.5 Å². The first kappa shape index (κ1) is 24.1. The van der Waals surface area contributed by atoms with Crippen molar-refractivity contribution in [3.63, 3.8) is 0 Å². The number of ether oxygens (including phenoxy) is 2. The summed E-state index contributed by atoms with van der Waals surface area (Å²) < 4.78 is 11.2. The van der Waals surface area contributed by atoms with E-state index < -0.39 is 17.7 Å². The molecule has 0 saturated carbocycles. The van der Waals surface area contributed by atoms with Gasteiger partial charge in [-0.15, -0.1) is 0 Å². The van der Waals surface area contributed by atoms with Crippen molar-refractivity contribution >= 4 is 17.7 Å². The number of benzene rings is 2. The lowest BCUT2D eigenvalue weighted by atomic mass is 9.74. The van der Waals surface area contributed by atoms with Gasteiger partial charge in [0.25, 0.3) is 0 Å². The number of anilines is 1. The molecule has 7 nitrogen and oxygen atoms in total. The van der Waals surface area contributed by atoms with Gasteiger partial charge in [-0.25, -0.2) is 4.79 Å². The average molecular weight is 466 g/mol. The van der Waals surface area contributed by atoms with Crippen molar-refractivity contribution in [2.75, 3.05) is 31.6 Å². The largest absolute Gasteiger partial charge is 0.444 e. The molecule has 2 aliphatic heterocycles. The Balaban J connectivity index is 1.39. The Morgan fingerprint density at radius 3 is 2.44 bits per heavy atom. The second-order valence-electron chi connectivity index (χ2n) is 10.2. The number of nitrogens with one attached hydrogen (secondary N) is 2. The lowest BCUT2D eigenvalue weighted by Gasteiger charge is -2.40. The summed E-state index contributed by atoms with van der Waals surface area (Å²) in [6, 6.07) is 17.4. The summed E-state index contributed by atoms with van der Waals surface area (Å²) in [5.41, 5.74) is 2.96. The SMILES string of the molecule is CC(C)(C)OC(=O)N[C@H](COCc1ccccc1)C(=O)N1CCC2(CC1)CNc1ccccc12. The van der Waals surface area contributed by atoms with Crippen molar-refractivity contribution in [3.8, 4) is 0 Å². The lowest BCUT2D eigenvalue weighted by Crippen LogP contribution is -2.55. The van der Waals surface area contributed by atoms with Crippen LogP contribution >= 0.6 is 0 Å². The van der Waals surface area contributed by atoms with E-state index in [9.17, 15) is 9.59 Å². The molecule has 2 aromatic carbocycles. The van der Waals surface area contributed by atoms with Crippen molar-refractivity contribution in [1.29, 1.82) is 0 Å². The zero-order valence-electron chi connectivity index (χ0n) is 20.3. The summed E-state index contributed by atoms with van der Waals surface area (Å²) in [5.74, 6) is -0.131. The molecule has 1 spiro atoms. The van der Waals surface area contributed by atoms with Crippen molar-refractivity contribution in [2.24, 2.45) is 0 Å². The second kappa shape index (κ2) is 10.1. The predicted molar refractivity (Wildman–Crippen MR) is 132 cm³/mol. The van der Waals surface area contributed by atoms with Crippen LogP contribution in [0.1, 0.15) is 44.7 Å². The molecule has 1 atom stereocenters. The Kier molecular flexibility index (Phi) is 7.12. The smallest absolute Gasteiger partial charge is 0.408 e. The van der Waals surface area contributed by atoms with E-state index in [4.69, 9.17) is 9.47 Å².